The predicted octanol–water partition coefficient (Wildman–Crippen LogP) is 3.87. The fraction of sp³-hybridized carbons (Fsp3) is 0.150. The molecule has 3 rings (SSSR count). The lowest BCUT2D eigenvalue weighted by molar-refractivity contribution is 0.0946. The summed E-state index contributed by atoms with van der Waals surface area (Å²) in [6.07, 6.45) is 1.36. The lowest BCUT2D eigenvalue weighted by Gasteiger charge is -2.13. The summed E-state index contributed by atoms with van der Waals surface area (Å²) in [4.78, 5) is 22.6. The fourth-order valence-electron chi connectivity index (χ4n) is 2.45. The summed E-state index contributed by atoms with van der Waals surface area (Å²) in [5, 5.41) is 6.61. The standard InChI is InChI=1S/C20H20ClN5O/c1-26(2)16-9-7-15(8-10-16)25-19-11-18(23-13-24-19)20(27)22-12-14-5-3-4-6-17(14)21/h3-11,13H,12H2,1-2H3,(H,22,27)(H,23,24,25). The number of hydrogen-bond donors (Lipinski definition) is 2. The molecular formula is C20H20ClN5O. The summed E-state index contributed by atoms with van der Waals surface area (Å²) in [6, 6.07) is 16.9. The molecule has 1 aromatic heterocycles. The van der Waals surface area contributed by atoms with Crippen molar-refractivity contribution >= 4 is 34.7 Å². The van der Waals surface area contributed by atoms with Crippen molar-refractivity contribution in [2.24, 2.45) is 0 Å². The van der Waals surface area contributed by atoms with Gasteiger partial charge in [-0.15, -0.1) is 0 Å². The normalized spacial score (nSPS) is 10.3. The van der Waals surface area contributed by atoms with Crippen molar-refractivity contribution in [3.05, 3.63) is 77.2 Å². The Balaban J connectivity index is 1.65. The SMILES string of the molecule is CN(C)c1ccc(Nc2cc(C(=O)NCc3ccccc3Cl)ncn2)cc1. The number of nitrogens with one attached hydrogen (secondary N) is 2. The topological polar surface area (TPSA) is 70.2 Å². The molecule has 0 aliphatic carbocycles. The second-order valence-electron chi connectivity index (χ2n) is 6.13. The molecule has 1 heterocycles. The molecule has 0 fully saturated rings. The molecule has 27 heavy (non-hydrogen) atoms. The number of carbonyl (C=O) groups excluding carboxylic acids is 1. The molecule has 0 saturated carbocycles. The zero-order valence-electron chi connectivity index (χ0n) is 15.1. The lowest BCUT2D eigenvalue weighted by atomic mass is 10.2. The van der Waals surface area contributed by atoms with Gasteiger partial charge in [0.1, 0.15) is 17.8 Å². The lowest BCUT2D eigenvalue weighted by Crippen LogP contribution is -2.24. The van der Waals surface area contributed by atoms with E-state index in [0.29, 0.717) is 17.4 Å². The number of carbonyl (C=O) groups is 1. The zero-order chi connectivity index (χ0) is 19.2. The van der Waals surface area contributed by atoms with Gasteiger partial charge in [0.2, 0.25) is 0 Å². The number of nitrogens with zero attached hydrogens (tertiary/aromatic N) is 3. The first-order valence-electron chi connectivity index (χ1n) is 8.41. The monoisotopic (exact) mass is 381 g/mol. The number of benzene rings is 2. The Morgan fingerprint density at radius 3 is 2.52 bits per heavy atom. The summed E-state index contributed by atoms with van der Waals surface area (Å²) in [7, 11) is 3.97. The van der Waals surface area contributed by atoms with Crippen LogP contribution in [0.3, 0.4) is 0 Å². The highest BCUT2D eigenvalue weighted by molar-refractivity contribution is 6.31. The Morgan fingerprint density at radius 2 is 1.81 bits per heavy atom. The zero-order valence-corrected chi connectivity index (χ0v) is 15.9. The van der Waals surface area contributed by atoms with E-state index in [1.165, 1.54) is 6.33 Å². The minimum absolute atomic E-state index is 0.282. The molecule has 2 N–H and O–H groups in total. The van der Waals surface area contributed by atoms with Crippen molar-refractivity contribution in [3.8, 4) is 0 Å². The minimum atomic E-state index is -0.289. The summed E-state index contributed by atoms with van der Waals surface area (Å²) in [5.41, 5.74) is 3.11. The van der Waals surface area contributed by atoms with Crippen LogP contribution in [0, 0.1) is 0 Å². The number of rotatable bonds is 6. The fourth-order valence-corrected chi connectivity index (χ4v) is 2.65. The van der Waals surface area contributed by atoms with Crippen molar-refractivity contribution in [1.82, 2.24) is 15.3 Å². The summed E-state index contributed by atoms with van der Waals surface area (Å²) in [5.74, 6) is 0.258. The van der Waals surface area contributed by atoms with Crippen LogP contribution in [0.15, 0.2) is 60.9 Å². The summed E-state index contributed by atoms with van der Waals surface area (Å²) < 4.78 is 0. The molecule has 3 aromatic rings. The Morgan fingerprint density at radius 1 is 1.07 bits per heavy atom. The van der Waals surface area contributed by atoms with Gasteiger partial charge in [0, 0.05) is 43.1 Å². The van der Waals surface area contributed by atoms with Gasteiger partial charge in [0.25, 0.3) is 5.91 Å². The molecule has 138 valence electrons. The third-order valence-corrected chi connectivity index (χ3v) is 4.32. The molecule has 0 aliphatic heterocycles. The van der Waals surface area contributed by atoms with Crippen molar-refractivity contribution in [2.45, 2.75) is 6.54 Å². The molecule has 7 heteroatoms. The number of amides is 1. The maximum atomic E-state index is 12.4. The van der Waals surface area contributed by atoms with Crippen LogP contribution in [0.1, 0.15) is 16.1 Å². The Bertz CT molecular complexity index is 928. The van der Waals surface area contributed by atoms with E-state index in [1.807, 2.05) is 61.5 Å². The van der Waals surface area contributed by atoms with Crippen LogP contribution in [-0.4, -0.2) is 30.0 Å². The first-order chi connectivity index (χ1) is 13.0. The van der Waals surface area contributed by atoms with Crippen molar-refractivity contribution < 1.29 is 4.79 Å². The highest BCUT2D eigenvalue weighted by atomic mass is 35.5. The van der Waals surface area contributed by atoms with Gasteiger partial charge in [-0.3, -0.25) is 4.79 Å². The second kappa shape index (κ2) is 8.51. The number of anilines is 3. The van der Waals surface area contributed by atoms with Crippen LogP contribution in [-0.2, 0) is 6.54 Å². The first-order valence-corrected chi connectivity index (χ1v) is 8.79. The van der Waals surface area contributed by atoms with Gasteiger partial charge in [-0.1, -0.05) is 29.8 Å². The predicted molar refractivity (Wildman–Crippen MR) is 109 cm³/mol. The molecule has 0 bridgehead atoms. The Labute approximate surface area is 163 Å². The summed E-state index contributed by atoms with van der Waals surface area (Å²) in [6.45, 7) is 0.331. The Kier molecular flexibility index (Phi) is 5.88. The second-order valence-corrected chi connectivity index (χ2v) is 6.54. The molecule has 0 saturated heterocycles. The van der Waals surface area contributed by atoms with E-state index in [4.69, 9.17) is 11.6 Å². The van der Waals surface area contributed by atoms with Gasteiger partial charge in [-0.2, -0.15) is 0 Å². The van der Waals surface area contributed by atoms with Crippen LogP contribution < -0.4 is 15.5 Å². The number of hydrogen-bond acceptors (Lipinski definition) is 5. The van der Waals surface area contributed by atoms with E-state index in [9.17, 15) is 4.79 Å². The number of aromatic nitrogens is 2. The van der Waals surface area contributed by atoms with Crippen LogP contribution in [0.4, 0.5) is 17.2 Å². The molecule has 0 aliphatic rings. The highest BCUT2D eigenvalue weighted by Gasteiger charge is 2.10. The molecule has 0 radical (unpaired) electrons. The maximum absolute atomic E-state index is 12.4. The minimum Gasteiger partial charge on any atom is -0.378 e. The third-order valence-electron chi connectivity index (χ3n) is 3.95. The van der Waals surface area contributed by atoms with Crippen molar-refractivity contribution in [1.29, 1.82) is 0 Å². The first kappa shape index (κ1) is 18.7. The van der Waals surface area contributed by atoms with Gasteiger partial charge in [0.15, 0.2) is 0 Å². The molecule has 0 atom stereocenters. The molecule has 0 unspecified atom stereocenters. The average molecular weight is 382 g/mol. The third kappa shape index (κ3) is 4.95. The average Bonchev–Trinajstić information content (AvgIpc) is 2.68. The Hall–Kier alpha value is -3.12. The van der Waals surface area contributed by atoms with E-state index in [0.717, 1.165) is 16.9 Å². The maximum Gasteiger partial charge on any atom is 0.270 e. The van der Waals surface area contributed by atoms with Gasteiger partial charge in [-0.05, 0) is 35.9 Å². The van der Waals surface area contributed by atoms with Crippen LogP contribution in [0.25, 0.3) is 0 Å². The molecule has 0 spiro atoms. The van der Waals surface area contributed by atoms with Crippen molar-refractivity contribution in [2.75, 3.05) is 24.3 Å². The largest absolute Gasteiger partial charge is 0.378 e. The van der Waals surface area contributed by atoms with Crippen LogP contribution in [0.5, 0.6) is 0 Å². The molecule has 6 nitrogen and oxygen atoms in total. The van der Waals surface area contributed by atoms with E-state index in [2.05, 4.69) is 20.6 Å². The van der Waals surface area contributed by atoms with E-state index in [-0.39, 0.29) is 11.6 Å². The van der Waals surface area contributed by atoms with Crippen LogP contribution in [0.2, 0.25) is 5.02 Å². The number of halogens is 1. The molecular weight excluding hydrogens is 362 g/mol. The van der Waals surface area contributed by atoms with Crippen LogP contribution >= 0.6 is 11.6 Å². The molecule has 2 aromatic carbocycles. The van der Waals surface area contributed by atoms with E-state index >= 15 is 0 Å². The molecule has 1 amide bonds. The van der Waals surface area contributed by atoms with Gasteiger partial charge in [-0.25, -0.2) is 9.97 Å². The van der Waals surface area contributed by atoms with Crippen molar-refractivity contribution in [3.63, 3.8) is 0 Å². The van der Waals surface area contributed by atoms with Gasteiger partial charge < -0.3 is 15.5 Å². The highest BCUT2D eigenvalue weighted by Crippen LogP contribution is 2.19. The quantitative estimate of drug-likeness (QED) is 0.678. The van der Waals surface area contributed by atoms with Gasteiger partial charge in [0.05, 0.1) is 0 Å². The summed E-state index contributed by atoms with van der Waals surface area (Å²) >= 11 is 6.11. The van der Waals surface area contributed by atoms with E-state index < -0.39 is 0 Å². The smallest absolute Gasteiger partial charge is 0.270 e. The van der Waals surface area contributed by atoms with Gasteiger partial charge >= 0.3 is 0 Å². The van der Waals surface area contributed by atoms with E-state index in [1.54, 1.807) is 12.1 Å².